The lowest BCUT2D eigenvalue weighted by molar-refractivity contribution is 0.157. The predicted molar refractivity (Wildman–Crippen MR) is 66.2 cm³/mol. The number of hydrogen-bond acceptors (Lipinski definition) is 2. The minimum absolute atomic E-state index is 0.0928. The molecule has 0 aromatic heterocycles. The van der Waals surface area contributed by atoms with Crippen LogP contribution < -0.4 is 5.32 Å². The smallest absolute Gasteiger partial charge is 0.128 e. The third-order valence-corrected chi connectivity index (χ3v) is 3.66. The third-order valence-electron chi connectivity index (χ3n) is 3.66. The van der Waals surface area contributed by atoms with Crippen molar-refractivity contribution in [3.63, 3.8) is 0 Å². The lowest BCUT2D eigenvalue weighted by atomic mass is 9.91. The first-order valence-electron chi connectivity index (χ1n) is 6.29. The maximum atomic E-state index is 13.8. The van der Waals surface area contributed by atoms with E-state index in [9.17, 15) is 9.50 Å². The van der Waals surface area contributed by atoms with Gasteiger partial charge in [-0.2, -0.15) is 0 Å². The van der Waals surface area contributed by atoms with E-state index in [4.69, 9.17) is 0 Å². The molecular weight excluding hydrogens is 217 g/mol. The summed E-state index contributed by atoms with van der Waals surface area (Å²) in [7, 11) is 0. The molecule has 0 radical (unpaired) electrons. The van der Waals surface area contributed by atoms with Gasteiger partial charge in [0.05, 0.1) is 12.1 Å². The van der Waals surface area contributed by atoms with E-state index in [1.165, 1.54) is 18.9 Å². The number of halogens is 1. The molecule has 2 N–H and O–H groups in total. The molecule has 1 aliphatic rings. The van der Waals surface area contributed by atoms with Crippen LogP contribution in [0.4, 0.5) is 4.39 Å². The van der Waals surface area contributed by atoms with Gasteiger partial charge in [0, 0.05) is 11.6 Å². The number of benzene rings is 1. The van der Waals surface area contributed by atoms with Crippen LogP contribution in [-0.2, 0) is 5.54 Å². The molecule has 0 amide bonds. The van der Waals surface area contributed by atoms with Crippen molar-refractivity contribution in [1.82, 2.24) is 5.32 Å². The molecule has 1 atom stereocenters. The molecule has 0 saturated heterocycles. The van der Waals surface area contributed by atoms with Crippen LogP contribution in [0.25, 0.3) is 0 Å². The molecule has 1 aromatic rings. The van der Waals surface area contributed by atoms with Crippen molar-refractivity contribution < 1.29 is 9.50 Å². The molecule has 94 valence electrons. The van der Waals surface area contributed by atoms with Crippen molar-refractivity contribution in [2.75, 3.05) is 6.61 Å². The summed E-state index contributed by atoms with van der Waals surface area (Å²) in [6.45, 7) is 1.77. The van der Waals surface area contributed by atoms with Crippen LogP contribution in [-0.4, -0.2) is 17.8 Å². The Morgan fingerprint density at radius 3 is 2.59 bits per heavy atom. The highest BCUT2D eigenvalue weighted by Gasteiger charge is 2.31. The van der Waals surface area contributed by atoms with Gasteiger partial charge in [0.1, 0.15) is 5.82 Å². The monoisotopic (exact) mass is 237 g/mol. The zero-order valence-electron chi connectivity index (χ0n) is 10.2. The van der Waals surface area contributed by atoms with Gasteiger partial charge in [0.15, 0.2) is 0 Å². The molecule has 1 aliphatic carbocycles. The Hall–Kier alpha value is -0.930. The molecular formula is C14H20FNO. The largest absolute Gasteiger partial charge is 0.394 e. The normalized spacial score (nSPS) is 20.4. The molecule has 1 aromatic carbocycles. The molecule has 1 unspecified atom stereocenters. The quantitative estimate of drug-likeness (QED) is 0.843. The van der Waals surface area contributed by atoms with E-state index in [1.54, 1.807) is 12.1 Å². The Kier molecular flexibility index (Phi) is 3.79. The fourth-order valence-corrected chi connectivity index (χ4v) is 2.64. The van der Waals surface area contributed by atoms with E-state index >= 15 is 0 Å². The Balaban J connectivity index is 2.20. The fourth-order valence-electron chi connectivity index (χ4n) is 2.64. The second-order valence-electron chi connectivity index (χ2n) is 5.10. The van der Waals surface area contributed by atoms with Crippen molar-refractivity contribution in [2.45, 2.75) is 44.2 Å². The summed E-state index contributed by atoms with van der Waals surface area (Å²) in [5.41, 5.74) is -0.130. The minimum atomic E-state index is -0.680. The number of rotatable bonds is 4. The van der Waals surface area contributed by atoms with Crippen LogP contribution in [0.15, 0.2) is 24.3 Å². The maximum absolute atomic E-state index is 13.8. The van der Waals surface area contributed by atoms with Crippen molar-refractivity contribution in [1.29, 1.82) is 0 Å². The van der Waals surface area contributed by atoms with E-state index in [1.807, 2.05) is 13.0 Å². The molecule has 2 rings (SSSR count). The van der Waals surface area contributed by atoms with Crippen LogP contribution in [0.2, 0.25) is 0 Å². The molecule has 17 heavy (non-hydrogen) atoms. The highest BCUT2D eigenvalue weighted by Crippen LogP contribution is 2.27. The number of aliphatic hydroxyl groups is 1. The number of hydrogen-bond donors (Lipinski definition) is 2. The summed E-state index contributed by atoms with van der Waals surface area (Å²) < 4.78 is 13.8. The van der Waals surface area contributed by atoms with E-state index in [0.29, 0.717) is 11.6 Å². The van der Waals surface area contributed by atoms with E-state index in [0.717, 1.165) is 12.8 Å². The van der Waals surface area contributed by atoms with Crippen molar-refractivity contribution in [2.24, 2.45) is 0 Å². The summed E-state index contributed by atoms with van der Waals surface area (Å²) in [4.78, 5) is 0. The molecule has 2 nitrogen and oxygen atoms in total. The van der Waals surface area contributed by atoms with Gasteiger partial charge in [0.2, 0.25) is 0 Å². The van der Waals surface area contributed by atoms with Gasteiger partial charge in [-0.25, -0.2) is 4.39 Å². The van der Waals surface area contributed by atoms with E-state index in [2.05, 4.69) is 5.32 Å². The maximum Gasteiger partial charge on any atom is 0.128 e. The summed E-state index contributed by atoms with van der Waals surface area (Å²) in [6, 6.07) is 7.06. The molecule has 3 heteroatoms. The lowest BCUT2D eigenvalue weighted by Crippen LogP contribution is -2.48. The minimum Gasteiger partial charge on any atom is -0.394 e. The second kappa shape index (κ2) is 5.15. The standard InChI is InChI=1S/C14H20FNO/c1-14(10-17,16-11-6-2-3-7-11)12-8-4-5-9-13(12)15/h4-5,8-9,11,16-17H,2-3,6-7,10H2,1H3. The average molecular weight is 237 g/mol. The predicted octanol–water partition coefficient (Wildman–Crippen LogP) is 2.57. The fraction of sp³-hybridized carbons (Fsp3) is 0.571. The van der Waals surface area contributed by atoms with E-state index in [-0.39, 0.29) is 12.4 Å². The van der Waals surface area contributed by atoms with Crippen molar-refractivity contribution >= 4 is 0 Å². The highest BCUT2D eigenvalue weighted by atomic mass is 19.1. The van der Waals surface area contributed by atoms with E-state index < -0.39 is 5.54 Å². The van der Waals surface area contributed by atoms with Gasteiger partial charge in [-0.05, 0) is 25.8 Å². The summed E-state index contributed by atoms with van der Waals surface area (Å²) in [5.74, 6) is -0.255. The Labute approximate surface area is 102 Å². The molecule has 0 aliphatic heterocycles. The third kappa shape index (κ3) is 2.67. The topological polar surface area (TPSA) is 32.3 Å². The lowest BCUT2D eigenvalue weighted by Gasteiger charge is -2.33. The van der Waals surface area contributed by atoms with Crippen LogP contribution in [0.1, 0.15) is 38.2 Å². The Bertz CT molecular complexity index is 376. The van der Waals surface area contributed by atoms with Crippen LogP contribution in [0, 0.1) is 5.82 Å². The Morgan fingerprint density at radius 2 is 2.00 bits per heavy atom. The molecule has 0 heterocycles. The first kappa shape index (κ1) is 12.5. The SMILES string of the molecule is CC(CO)(NC1CCCC1)c1ccccc1F. The van der Waals surface area contributed by atoms with Gasteiger partial charge >= 0.3 is 0 Å². The highest BCUT2D eigenvalue weighted by molar-refractivity contribution is 5.26. The zero-order valence-corrected chi connectivity index (χ0v) is 10.2. The summed E-state index contributed by atoms with van der Waals surface area (Å²) in [6.07, 6.45) is 4.67. The Morgan fingerprint density at radius 1 is 1.35 bits per heavy atom. The molecule has 0 spiro atoms. The van der Waals surface area contributed by atoms with Gasteiger partial charge in [-0.15, -0.1) is 0 Å². The van der Waals surface area contributed by atoms with Gasteiger partial charge in [0.25, 0.3) is 0 Å². The van der Waals surface area contributed by atoms with Gasteiger partial charge in [-0.1, -0.05) is 31.0 Å². The number of nitrogens with one attached hydrogen (secondary N) is 1. The first-order chi connectivity index (χ1) is 8.15. The summed E-state index contributed by atoms with van der Waals surface area (Å²) >= 11 is 0. The number of aliphatic hydroxyl groups excluding tert-OH is 1. The van der Waals surface area contributed by atoms with Crippen LogP contribution in [0.3, 0.4) is 0 Å². The van der Waals surface area contributed by atoms with Gasteiger partial charge < -0.3 is 10.4 Å². The van der Waals surface area contributed by atoms with Gasteiger partial charge in [-0.3, -0.25) is 0 Å². The zero-order chi connectivity index (χ0) is 12.3. The average Bonchev–Trinajstić information content (AvgIpc) is 2.82. The molecule has 1 saturated carbocycles. The van der Waals surface area contributed by atoms with Crippen molar-refractivity contribution in [3.8, 4) is 0 Å². The first-order valence-corrected chi connectivity index (χ1v) is 6.29. The second-order valence-corrected chi connectivity index (χ2v) is 5.10. The van der Waals surface area contributed by atoms with Crippen LogP contribution >= 0.6 is 0 Å². The van der Waals surface area contributed by atoms with Crippen LogP contribution in [0.5, 0.6) is 0 Å². The van der Waals surface area contributed by atoms with Crippen molar-refractivity contribution in [3.05, 3.63) is 35.6 Å². The molecule has 1 fully saturated rings. The molecule has 0 bridgehead atoms. The summed E-state index contributed by atoms with van der Waals surface area (Å²) in [5, 5.41) is 13.0.